The quantitative estimate of drug-likeness (QED) is 0.558. The molecule has 2 aromatic carbocycles. The van der Waals surface area contributed by atoms with Gasteiger partial charge in [-0.15, -0.1) is 0 Å². The molecule has 1 aliphatic heterocycles. The van der Waals surface area contributed by atoms with Crippen LogP contribution in [0.5, 0.6) is 0 Å². The number of benzene rings is 2. The van der Waals surface area contributed by atoms with Crippen molar-refractivity contribution in [2.45, 2.75) is 9.79 Å². The Labute approximate surface area is 118 Å². The van der Waals surface area contributed by atoms with E-state index in [1.165, 1.54) is 4.90 Å². The lowest BCUT2D eigenvalue weighted by Gasteiger charge is -2.22. The van der Waals surface area contributed by atoms with Gasteiger partial charge >= 0.3 is 0 Å². The molecular formula is C14H10BrNOS. The number of carbonyl (C=O) groups excluding carboxylic acids is 1. The molecule has 0 bridgehead atoms. The number of nitrogens with one attached hydrogen (secondary N) is 1. The van der Waals surface area contributed by atoms with Crippen molar-refractivity contribution in [1.29, 1.82) is 0 Å². The van der Waals surface area contributed by atoms with Crippen LogP contribution in [0, 0.1) is 0 Å². The molecule has 0 atom stereocenters. The number of anilines is 2. The third-order valence-electron chi connectivity index (χ3n) is 2.81. The predicted molar refractivity (Wildman–Crippen MR) is 78.4 cm³/mol. The van der Waals surface area contributed by atoms with Crippen molar-refractivity contribution < 1.29 is 4.79 Å². The van der Waals surface area contributed by atoms with Crippen LogP contribution >= 0.6 is 27.7 Å². The first-order chi connectivity index (χ1) is 8.79. The van der Waals surface area contributed by atoms with Gasteiger partial charge in [-0.2, -0.15) is 0 Å². The fraction of sp³-hybridized carbons (Fsp3) is 0.0714. The molecule has 0 aliphatic carbocycles. The minimum Gasteiger partial charge on any atom is -0.353 e. The maximum atomic E-state index is 11.9. The van der Waals surface area contributed by atoms with Gasteiger partial charge < -0.3 is 5.32 Å². The summed E-state index contributed by atoms with van der Waals surface area (Å²) >= 11 is 4.92. The summed E-state index contributed by atoms with van der Waals surface area (Å²) in [6.45, 7) is 0. The summed E-state index contributed by atoms with van der Waals surface area (Å²) < 4.78 is 0. The number of alkyl halides is 1. The standard InChI is InChI=1S/C14H10BrNOS/c15-8-11(17)9-4-3-7-13-14(9)16-10-5-1-2-6-12(10)18-13/h1-7,16H,8H2. The minimum atomic E-state index is 0.0966. The first kappa shape index (κ1) is 11.8. The van der Waals surface area contributed by atoms with Gasteiger partial charge in [-0.05, 0) is 24.3 Å². The van der Waals surface area contributed by atoms with Crippen LogP contribution in [0.3, 0.4) is 0 Å². The number of rotatable bonds is 2. The smallest absolute Gasteiger partial charge is 0.175 e. The number of hydrogen-bond acceptors (Lipinski definition) is 3. The van der Waals surface area contributed by atoms with E-state index in [1.54, 1.807) is 11.8 Å². The molecule has 0 saturated carbocycles. The van der Waals surface area contributed by atoms with E-state index in [1.807, 2.05) is 36.4 Å². The average Bonchev–Trinajstić information content (AvgIpc) is 2.43. The van der Waals surface area contributed by atoms with Crippen molar-refractivity contribution in [3.05, 3.63) is 48.0 Å². The molecular weight excluding hydrogens is 310 g/mol. The SMILES string of the molecule is O=C(CBr)c1cccc2c1Nc1ccccc1S2. The average molecular weight is 320 g/mol. The van der Waals surface area contributed by atoms with Crippen LogP contribution in [-0.4, -0.2) is 11.1 Å². The van der Waals surface area contributed by atoms with E-state index in [4.69, 9.17) is 0 Å². The Bertz CT molecular complexity index is 627. The lowest BCUT2D eigenvalue weighted by atomic mass is 10.1. The molecule has 0 saturated heterocycles. The zero-order chi connectivity index (χ0) is 12.5. The highest BCUT2D eigenvalue weighted by Gasteiger charge is 2.20. The monoisotopic (exact) mass is 319 g/mol. The number of Topliss-reactive ketones (excluding diaryl/α,β-unsaturated/α-hetero) is 1. The maximum absolute atomic E-state index is 11.9. The summed E-state index contributed by atoms with van der Waals surface area (Å²) in [5, 5.41) is 3.71. The highest BCUT2D eigenvalue weighted by Crippen LogP contribution is 2.45. The van der Waals surface area contributed by atoms with Gasteiger partial charge in [0.25, 0.3) is 0 Å². The van der Waals surface area contributed by atoms with Gasteiger partial charge in [0, 0.05) is 15.4 Å². The molecule has 18 heavy (non-hydrogen) atoms. The highest BCUT2D eigenvalue weighted by atomic mass is 79.9. The normalized spacial score (nSPS) is 12.3. The second-order valence-electron chi connectivity index (χ2n) is 3.96. The lowest BCUT2D eigenvalue weighted by molar-refractivity contribution is 0.102. The van der Waals surface area contributed by atoms with Crippen LogP contribution < -0.4 is 5.32 Å². The number of fused-ring (bicyclic) bond motifs is 2. The Morgan fingerprint density at radius 1 is 1.11 bits per heavy atom. The Kier molecular flexibility index (Phi) is 3.14. The summed E-state index contributed by atoms with van der Waals surface area (Å²) in [5.41, 5.74) is 2.72. The molecule has 2 aromatic rings. The first-order valence-electron chi connectivity index (χ1n) is 5.55. The first-order valence-corrected chi connectivity index (χ1v) is 7.49. The van der Waals surface area contributed by atoms with E-state index in [0.29, 0.717) is 5.33 Å². The van der Waals surface area contributed by atoms with Crippen LogP contribution in [0.25, 0.3) is 0 Å². The largest absolute Gasteiger partial charge is 0.353 e. The summed E-state index contributed by atoms with van der Waals surface area (Å²) in [5.74, 6) is 0.0966. The van der Waals surface area contributed by atoms with Crippen LogP contribution in [-0.2, 0) is 0 Å². The molecule has 3 rings (SSSR count). The van der Waals surface area contributed by atoms with Crippen molar-refractivity contribution >= 4 is 44.8 Å². The molecule has 4 heteroatoms. The van der Waals surface area contributed by atoms with Gasteiger partial charge in [0.15, 0.2) is 5.78 Å². The third-order valence-corrected chi connectivity index (χ3v) is 4.46. The van der Waals surface area contributed by atoms with Gasteiger partial charge in [-0.3, -0.25) is 4.79 Å². The Morgan fingerprint density at radius 3 is 2.72 bits per heavy atom. The van der Waals surface area contributed by atoms with E-state index < -0.39 is 0 Å². The van der Waals surface area contributed by atoms with Crippen LogP contribution in [0.2, 0.25) is 0 Å². The van der Waals surface area contributed by atoms with Gasteiger partial charge in [0.1, 0.15) is 0 Å². The number of ketones is 1. The fourth-order valence-corrected chi connectivity index (χ4v) is 3.29. The molecule has 0 amide bonds. The Hall–Kier alpha value is -1.26. The molecule has 0 aromatic heterocycles. The van der Waals surface area contributed by atoms with Crippen LogP contribution in [0.15, 0.2) is 52.3 Å². The Balaban J connectivity index is 2.10. The summed E-state index contributed by atoms with van der Waals surface area (Å²) in [7, 11) is 0. The van der Waals surface area contributed by atoms with Crippen LogP contribution in [0.4, 0.5) is 11.4 Å². The second kappa shape index (κ2) is 4.78. The van der Waals surface area contributed by atoms with Crippen molar-refractivity contribution in [3.63, 3.8) is 0 Å². The van der Waals surface area contributed by atoms with Crippen molar-refractivity contribution in [2.75, 3.05) is 10.6 Å². The third kappa shape index (κ3) is 1.95. The molecule has 0 spiro atoms. The predicted octanol–water partition coefficient (Wildman–Crippen LogP) is 4.47. The van der Waals surface area contributed by atoms with Gasteiger partial charge in [-0.1, -0.05) is 45.9 Å². The van der Waals surface area contributed by atoms with Crippen molar-refractivity contribution in [1.82, 2.24) is 0 Å². The molecule has 1 heterocycles. The fourth-order valence-electron chi connectivity index (χ4n) is 1.96. The molecule has 0 radical (unpaired) electrons. The highest BCUT2D eigenvalue weighted by molar-refractivity contribution is 9.09. The molecule has 0 unspecified atom stereocenters. The van der Waals surface area contributed by atoms with E-state index in [2.05, 4.69) is 27.3 Å². The van der Waals surface area contributed by atoms with Gasteiger partial charge in [-0.25, -0.2) is 0 Å². The number of carbonyl (C=O) groups is 1. The molecule has 0 fully saturated rings. The molecule has 1 aliphatic rings. The molecule has 2 nitrogen and oxygen atoms in total. The number of halogens is 1. The summed E-state index contributed by atoms with van der Waals surface area (Å²) in [6.07, 6.45) is 0. The number of para-hydroxylation sites is 2. The minimum absolute atomic E-state index is 0.0966. The van der Waals surface area contributed by atoms with E-state index >= 15 is 0 Å². The topological polar surface area (TPSA) is 29.1 Å². The van der Waals surface area contributed by atoms with Crippen LogP contribution in [0.1, 0.15) is 10.4 Å². The van der Waals surface area contributed by atoms with E-state index in [-0.39, 0.29) is 5.78 Å². The summed E-state index contributed by atoms with van der Waals surface area (Å²) in [6, 6.07) is 13.9. The van der Waals surface area contributed by atoms with E-state index in [9.17, 15) is 4.79 Å². The maximum Gasteiger partial charge on any atom is 0.175 e. The molecule has 90 valence electrons. The second-order valence-corrected chi connectivity index (χ2v) is 5.60. The summed E-state index contributed by atoms with van der Waals surface area (Å²) in [4.78, 5) is 14.2. The zero-order valence-corrected chi connectivity index (χ0v) is 11.8. The molecule has 1 N–H and O–H groups in total. The lowest BCUT2D eigenvalue weighted by Crippen LogP contribution is -2.08. The van der Waals surface area contributed by atoms with Gasteiger partial charge in [0.2, 0.25) is 0 Å². The van der Waals surface area contributed by atoms with Crippen molar-refractivity contribution in [2.24, 2.45) is 0 Å². The zero-order valence-electron chi connectivity index (χ0n) is 9.44. The van der Waals surface area contributed by atoms with E-state index in [0.717, 1.165) is 21.8 Å². The number of hydrogen-bond donors (Lipinski definition) is 1. The van der Waals surface area contributed by atoms with Gasteiger partial charge in [0.05, 0.1) is 16.7 Å². The van der Waals surface area contributed by atoms with Crippen molar-refractivity contribution in [3.8, 4) is 0 Å². The Morgan fingerprint density at radius 2 is 1.89 bits per heavy atom.